The monoisotopic (exact) mass is 274 g/mol. The minimum atomic E-state index is -0.423. The molecule has 0 aliphatic carbocycles. The maximum atomic E-state index is 11.0. The number of hydrogen-bond acceptors (Lipinski definition) is 2. The number of hydrogen-bond donors (Lipinski definition) is 2. The van der Waals surface area contributed by atoms with Gasteiger partial charge in [-0.1, -0.05) is 23.7 Å². The summed E-state index contributed by atoms with van der Waals surface area (Å²) in [5.41, 5.74) is 8.78. The lowest BCUT2D eigenvalue weighted by molar-refractivity contribution is 0.100. The number of rotatable bonds is 4. The molecule has 0 unspecified atom stereocenters. The van der Waals surface area contributed by atoms with Crippen LogP contribution in [-0.4, -0.2) is 5.91 Å². The van der Waals surface area contributed by atoms with Gasteiger partial charge in [0.1, 0.15) is 0 Å². The fourth-order valence-corrected chi connectivity index (χ4v) is 2.05. The van der Waals surface area contributed by atoms with Crippen molar-refractivity contribution in [3.8, 4) is 0 Å². The Morgan fingerprint density at radius 1 is 1.21 bits per heavy atom. The molecule has 1 amide bonds. The van der Waals surface area contributed by atoms with E-state index in [4.69, 9.17) is 17.3 Å². The molecule has 0 saturated carbocycles. The average Bonchev–Trinajstić information content (AvgIpc) is 2.38. The standard InChI is InChI=1S/C15H15ClN2O/c1-10-2-3-12(14(16)8-10)9-18-13-6-4-11(5-7-13)15(17)19/h2-8,18H,9H2,1H3,(H2,17,19). The number of primary amides is 1. The van der Waals surface area contributed by atoms with Crippen LogP contribution in [0.15, 0.2) is 42.5 Å². The maximum absolute atomic E-state index is 11.0. The minimum Gasteiger partial charge on any atom is -0.381 e. The van der Waals surface area contributed by atoms with Gasteiger partial charge in [-0.3, -0.25) is 4.79 Å². The SMILES string of the molecule is Cc1ccc(CNc2ccc(C(N)=O)cc2)c(Cl)c1. The molecule has 0 spiro atoms. The van der Waals surface area contributed by atoms with E-state index in [9.17, 15) is 4.79 Å². The highest BCUT2D eigenvalue weighted by Crippen LogP contribution is 2.19. The Bertz CT molecular complexity index is 594. The lowest BCUT2D eigenvalue weighted by Crippen LogP contribution is -2.10. The highest BCUT2D eigenvalue weighted by molar-refractivity contribution is 6.31. The van der Waals surface area contributed by atoms with Crippen molar-refractivity contribution in [2.45, 2.75) is 13.5 Å². The van der Waals surface area contributed by atoms with E-state index in [-0.39, 0.29) is 0 Å². The van der Waals surface area contributed by atoms with Crippen LogP contribution in [0, 0.1) is 6.92 Å². The number of nitrogens with two attached hydrogens (primary N) is 1. The lowest BCUT2D eigenvalue weighted by atomic mass is 10.1. The van der Waals surface area contributed by atoms with Gasteiger partial charge in [0.2, 0.25) is 5.91 Å². The van der Waals surface area contributed by atoms with Crippen molar-refractivity contribution in [3.05, 3.63) is 64.2 Å². The molecular weight excluding hydrogens is 260 g/mol. The maximum Gasteiger partial charge on any atom is 0.248 e. The van der Waals surface area contributed by atoms with E-state index < -0.39 is 5.91 Å². The van der Waals surface area contributed by atoms with Crippen molar-refractivity contribution in [2.75, 3.05) is 5.32 Å². The molecule has 2 aromatic carbocycles. The number of halogens is 1. The Labute approximate surface area is 117 Å². The van der Waals surface area contributed by atoms with Crippen molar-refractivity contribution >= 4 is 23.2 Å². The van der Waals surface area contributed by atoms with Crippen molar-refractivity contribution < 1.29 is 4.79 Å². The number of aryl methyl sites for hydroxylation is 1. The van der Waals surface area contributed by atoms with E-state index in [0.29, 0.717) is 12.1 Å². The number of carbonyl (C=O) groups excluding carboxylic acids is 1. The molecule has 0 atom stereocenters. The molecule has 0 aliphatic rings. The summed E-state index contributed by atoms with van der Waals surface area (Å²) < 4.78 is 0. The second-order valence-electron chi connectivity index (χ2n) is 4.39. The second-order valence-corrected chi connectivity index (χ2v) is 4.80. The molecule has 3 nitrogen and oxygen atoms in total. The predicted molar refractivity (Wildman–Crippen MR) is 78.5 cm³/mol. The summed E-state index contributed by atoms with van der Waals surface area (Å²) in [6.45, 7) is 2.64. The highest BCUT2D eigenvalue weighted by Gasteiger charge is 2.02. The summed E-state index contributed by atoms with van der Waals surface area (Å²) >= 11 is 6.16. The Hall–Kier alpha value is -2.00. The fourth-order valence-electron chi connectivity index (χ4n) is 1.75. The van der Waals surface area contributed by atoms with E-state index in [1.165, 1.54) is 0 Å². The van der Waals surface area contributed by atoms with Crippen LogP contribution in [0.4, 0.5) is 5.69 Å². The number of carbonyl (C=O) groups is 1. The zero-order valence-corrected chi connectivity index (χ0v) is 11.4. The van der Waals surface area contributed by atoms with E-state index in [1.54, 1.807) is 12.1 Å². The van der Waals surface area contributed by atoms with Crippen LogP contribution in [0.1, 0.15) is 21.5 Å². The first-order chi connectivity index (χ1) is 9.06. The molecular formula is C15H15ClN2O. The third-order valence-electron chi connectivity index (χ3n) is 2.86. The van der Waals surface area contributed by atoms with E-state index in [2.05, 4.69) is 5.32 Å². The van der Waals surface area contributed by atoms with Crippen LogP contribution in [0.25, 0.3) is 0 Å². The predicted octanol–water partition coefficient (Wildman–Crippen LogP) is 3.36. The Morgan fingerprint density at radius 2 is 1.89 bits per heavy atom. The van der Waals surface area contributed by atoms with Gasteiger partial charge in [0.05, 0.1) is 0 Å². The molecule has 4 heteroatoms. The molecule has 2 aromatic rings. The molecule has 0 fully saturated rings. The molecule has 98 valence electrons. The van der Waals surface area contributed by atoms with Crippen LogP contribution in [0.3, 0.4) is 0 Å². The van der Waals surface area contributed by atoms with E-state index in [0.717, 1.165) is 21.8 Å². The second kappa shape index (κ2) is 5.76. The van der Waals surface area contributed by atoms with Crippen LogP contribution >= 0.6 is 11.6 Å². The summed E-state index contributed by atoms with van der Waals surface area (Å²) in [5, 5.41) is 4.00. The Balaban J connectivity index is 2.04. The highest BCUT2D eigenvalue weighted by atomic mass is 35.5. The minimum absolute atomic E-state index is 0.423. The quantitative estimate of drug-likeness (QED) is 0.898. The number of anilines is 1. The average molecular weight is 275 g/mol. The summed E-state index contributed by atoms with van der Waals surface area (Å²) in [7, 11) is 0. The van der Waals surface area contributed by atoms with Crippen molar-refractivity contribution in [1.82, 2.24) is 0 Å². The van der Waals surface area contributed by atoms with Crippen molar-refractivity contribution in [3.63, 3.8) is 0 Å². The van der Waals surface area contributed by atoms with Gasteiger partial charge in [0, 0.05) is 22.8 Å². The molecule has 0 saturated heterocycles. The summed E-state index contributed by atoms with van der Waals surface area (Å²) in [6.07, 6.45) is 0. The Morgan fingerprint density at radius 3 is 2.47 bits per heavy atom. The molecule has 0 aliphatic heterocycles. The molecule has 0 radical (unpaired) electrons. The topological polar surface area (TPSA) is 55.1 Å². The number of amides is 1. The van der Waals surface area contributed by atoms with Gasteiger partial charge in [-0.25, -0.2) is 0 Å². The first-order valence-corrected chi connectivity index (χ1v) is 6.33. The van der Waals surface area contributed by atoms with Gasteiger partial charge in [-0.15, -0.1) is 0 Å². The molecule has 0 bridgehead atoms. The third-order valence-corrected chi connectivity index (χ3v) is 3.21. The summed E-state index contributed by atoms with van der Waals surface area (Å²) in [4.78, 5) is 11.0. The smallest absolute Gasteiger partial charge is 0.248 e. The zero-order valence-electron chi connectivity index (χ0n) is 10.6. The molecule has 2 rings (SSSR count). The van der Waals surface area contributed by atoms with Gasteiger partial charge < -0.3 is 11.1 Å². The van der Waals surface area contributed by atoms with Gasteiger partial charge in [-0.2, -0.15) is 0 Å². The third kappa shape index (κ3) is 3.48. The van der Waals surface area contributed by atoms with Crippen molar-refractivity contribution in [2.24, 2.45) is 5.73 Å². The normalized spacial score (nSPS) is 10.2. The largest absolute Gasteiger partial charge is 0.381 e. The van der Waals surface area contributed by atoms with Crippen LogP contribution in [0.5, 0.6) is 0 Å². The van der Waals surface area contributed by atoms with Gasteiger partial charge in [-0.05, 0) is 48.4 Å². The van der Waals surface area contributed by atoms with Crippen LogP contribution in [0.2, 0.25) is 5.02 Å². The first-order valence-electron chi connectivity index (χ1n) is 5.95. The van der Waals surface area contributed by atoms with Crippen LogP contribution in [-0.2, 0) is 6.54 Å². The molecule has 0 aromatic heterocycles. The summed E-state index contributed by atoms with van der Waals surface area (Å²) in [5.74, 6) is -0.423. The first kappa shape index (κ1) is 13.4. The van der Waals surface area contributed by atoms with Gasteiger partial charge in [0.15, 0.2) is 0 Å². The zero-order chi connectivity index (χ0) is 13.8. The number of nitrogens with one attached hydrogen (secondary N) is 1. The van der Waals surface area contributed by atoms with Crippen molar-refractivity contribution in [1.29, 1.82) is 0 Å². The molecule has 0 heterocycles. The Kier molecular flexibility index (Phi) is 4.07. The van der Waals surface area contributed by atoms with E-state index >= 15 is 0 Å². The lowest BCUT2D eigenvalue weighted by Gasteiger charge is -2.09. The van der Waals surface area contributed by atoms with Crippen LogP contribution < -0.4 is 11.1 Å². The molecule has 3 N–H and O–H groups in total. The fraction of sp³-hybridized carbons (Fsp3) is 0.133. The number of benzene rings is 2. The molecule has 19 heavy (non-hydrogen) atoms. The van der Waals surface area contributed by atoms with E-state index in [1.807, 2.05) is 37.3 Å². The summed E-state index contributed by atoms with van der Waals surface area (Å²) in [6, 6.07) is 13.0. The van der Waals surface area contributed by atoms with Gasteiger partial charge >= 0.3 is 0 Å². The van der Waals surface area contributed by atoms with Gasteiger partial charge in [0.25, 0.3) is 0 Å².